The van der Waals surface area contributed by atoms with Crippen molar-refractivity contribution >= 4 is 5.69 Å². The van der Waals surface area contributed by atoms with Crippen molar-refractivity contribution in [2.75, 3.05) is 26.2 Å². The summed E-state index contributed by atoms with van der Waals surface area (Å²) in [6.45, 7) is 4.38. The van der Waals surface area contributed by atoms with E-state index < -0.39 is 6.23 Å². The molecule has 3 atom stereocenters. The van der Waals surface area contributed by atoms with Crippen molar-refractivity contribution in [2.45, 2.75) is 32.5 Å². The number of aliphatic hydroxyl groups excluding tert-OH is 1. The van der Waals surface area contributed by atoms with Gasteiger partial charge in [-0.05, 0) is 11.5 Å². The van der Waals surface area contributed by atoms with Crippen LogP contribution in [0.1, 0.15) is 43.7 Å². The van der Waals surface area contributed by atoms with Crippen molar-refractivity contribution in [3.63, 3.8) is 0 Å². The quantitative estimate of drug-likeness (QED) is 0.835. The number of anilines is 1. The molecule has 0 radical (unpaired) electrons. The third kappa shape index (κ3) is 2.86. The highest BCUT2D eigenvalue weighted by molar-refractivity contribution is 5.66. The summed E-state index contributed by atoms with van der Waals surface area (Å²) in [4.78, 5) is 2.04. The minimum absolute atomic E-state index is 0.0778. The Kier molecular flexibility index (Phi) is 5.28. The van der Waals surface area contributed by atoms with E-state index in [1.807, 2.05) is 35.2 Å². The first kappa shape index (κ1) is 18.4. The number of hydrogen-bond donors (Lipinski definition) is 1. The van der Waals surface area contributed by atoms with Crippen molar-refractivity contribution in [3.8, 4) is 17.2 Å². The summed E-state index contributed by atoms with van der Waals surface area (Å²) in [6.07, 6.45) is 0.292. The van der Waals surface area contributed by atoms with Gasteiger partial charge in [0.1, 0.15) is 0 Å². The average Bonchev–Trinajstić information content (AvgIpc) is 2.99. The van der Waals surface area contributed by atoms with Crippen molar-refractivity contribution < 1.29 is 19.3 Å². The monoisotopic (exact) mass is 357 g/mol. The van der Waals surface area contributed by atoms with Crippen LogP contribution >= 0.6 is 0 Å². The number of aliphatic hydroxyl groups is 1. The van der Waals surface area contributed by atoms with Gasteiger partial charge in [-0.1, -0.05) is 44.5 Å². The molecule has 0 amide bonds. The van der Waals surface area contributed by atoms with Crippen LogP contribution < -0.4 is 19.1 Å². The highest BCUT2D eigenvalue weighted by Gasteiger charge is 2.40. The number of benzene rings is 2. The predicted octanol–water partition coefficient (Wildman–Crippen LogP) is 4.31. The lowest BCUT2D eigenvalue weighted by molar-refractivity contribution is 0.167. The van der Waals surface area contributed by atoms with E-state index in [0.717, 1.165) is 17.7 Å². The Morgan fingerprint density at radius 1 is 1.00 bits per heavy atom. The summed E-state index contributed by atoms with van der Waals surface area (Å²) in [5.41, 5.74) is 2.96. The van der Waals surface area contributed by atoms with Gasteiger partial charge >= 0.3 is 0 Å². The molecule has 1 N–H and O–H groups in total. The molecule has 0 aliphatic carbocycles. The van der Waals surface area contributed by atoms with Crippen LogP contribution in [-0.2, 0) is 0 Å². The average molecular weight is 357 g/mol. The lowest BCUT2D eigenvalue weighted by Gasteiger charge is -2.34. The fourth-order valence-electron chi connectivity index (χ4n) is 3.79. The van der Waals surface area contributed by atoms with Crippen LogP contribution in [-0.4, -0.2) is 26.4 Å². The van der Waals surface area contributed by atoms with Crippen LogP contribution in [0.15, 0.2) is 36.4 Å². The third-order valence-corrected chi connectivity index (χ3v) is 5.29. The molecule has 2 aromatic rings. The lowest BCUT2D eigenvalue weighted by atomic mass is 9.92. The van der Waals surface area contributed by atoms with Gasteiger partial charge in [0.15, 0.2) is 17.7 Å². The Hall–Kier alpha value is -2.40. The number of rotatable bonds is 6. The van der Waals surface area contributed by atoms with Crippen molar-refractivity contribution in [1.29, 1.82) is 0 Å². The second kappa shape index (κ2) is 7.46. The van der Waals surface area contributed by atoms with Gasteiger partial charge in [-0.2, -0.15) is 0 Å². The van der Waals surface area contributed by atoms with Gasteiger partial charge in [-0.25, -0.2) is 0 Å². The largest absolute Gasteiger partial charge is 0.493 e. The number of hydrogen-bond acceptors (Lipinski definition) is 5. The molecule has 140 valence electrons. The minimum Gasteiger partial charge on any atom is -0.493 e. The Morgan fingerprint density at radius 2 is 1.58 bits per heavy atom. The molecule has 3 rings (SSSR count). The minimum atomic E-state index is -0.715. The molecule has 2 aromatic carbocycles. The van der Waals surface area contributed by atoms with Gasteiger partial charge in [0.25, 0.3) is 0 Å². The molecule has 0 fully saturated rings. The fraction of sp³-hybridized carbons (Fsp3) is 0.429. The van der Waals surface area contributed by atoms with Gasteiger partial charge < -0.3 is 24.2 Å². The molecule has 1 aliphatic rings. The first-order chi connectivity index (χ1) is 12.6. The summed E-state index contributed by atoms with van der Waals surface area (Å²) < 4.78 is 16.4. The normalized spacial score (nSPS) is 19.8. The fourth-order valence-corrected chi connectivity index (χ4v) is 3.79. The topological polar surface area (TPSA) is 51.2 Å². The van der Waals surface area contributed by atoms with Gasteiger partial charge in [-0.3, -0.25) is 0 Å². The molecule has 0 saturated heterocycles. The number of fused-ring (bicyclic) bond motifs is 1. The number of nitrogens with zero attached hydrogens (tertiary/aromatic N) is 1. The Labute approximate surface area is 155 Å². The molecule has 0 spiro atoms. The SMILES string of the molecule is CCC(C)C1c2ccccc2C(O)N1c1cc(OC)c(OC)c(OC)c1. The zero-order valence-electron chi connectivity index (χ0n) is 16.0. The molecule has 5 heteroatoms. The van der Waals surface area contributed by atoms with E-state index in [4.69, 9.17) is 14.2 Å². The van der Waals surface area contributed by atoms with Crippen LogP contribution in [0.25, 0.3) is 0 Å². The predicted molar refractivity (Wildman–Crippen MR) is 102 cm³/mol. The molecular weight excluding hydrogens is 330 g/mol. The van der Waals surface area contributed by atoms with E-state index in [2.05, 4.69) is 19.9 Å². The summed E-state index contributed by atoms with van der Waals surface area (Å²) in [6, 6.07) is 12.0. The van der Waals surface area contributed by atoms with E-state index >= 15 is 0 Å². The van der Waals surface area contributed by atoms with Crippen LogP contribution in [0.5, 0.6) is 17.2 Å². The van der Waals surface area contributed by atoms with E-state index in [1.54, 1.807) is 21.3 Å². The van der Waals surface area contributed by atoms with E-state index in [9.17, 15) is 5.11 Å². The van der Waals surface area contributed by atoms with Crippen LogP contribution in [0.4, 0.5) is 5.69 Å². The maximum absolute atomic E-state index is 11.1. The Bertz CT molecular complexity index is 751. The molecule has 1 heterocycles. The molecule has 0 saturated carbocycles. The smallest absolute Gasteiger partial charge is 0.203 e. The van der Waals surface area contributed by atoms with Gasteiger partial charge in [0.2, 0.25) is 5.75 Å². The number of methoxy groups -OCH3 is 3. The first-order valence-corrected chi connectivity index (χ1v) is 8.92. The summed E-state index contributed by atoms with van der Waals surface area (Å²) >= 11 is 0. The zero-order chi connectivity index (χ0) is 18.8. The van der Waals surface area contributed by atoms with Crippen molar-refractivity contribution in [3.05, 3.63) is 47.5 Å². The second-order valence-corrected chi connectivity index (χ2v) is 6.62. The molecule has 3 unspecified atom stereocenters. The second-order valence-electron chi connectivity index (χ2n) is 6.62. The maximum atomic E-state index is 11.1. The van der Waals surface area contributed by atoms with Gasteiger partial charge in [0, 0.05) is 23.4 Å². The Balaban J connectivity index is 2.16. The molecule has 5 nitrogen and oxygen atoms in total. The third-order valence-electron chi connectivity index (χ3n) is 5.29. The first-order valence-electron chi connectivity index (χ1n) is 8.92. The van der Waals surface area contributed by atoms with Gasteiger partial charge in [0.05, 0.1) is 27.4 Å². The van der Waals surface area contributed by atoms with Crippen LogP contribution in [0, 0.1) is 5.92 Å². The number of ether oxygens (including phenoxy) is 3. The summed E-state index contributed by atoms with van der Waals surface area (Å²) in [7, 11) is 4.79. The highest BCUT2D eigenvalue weighted by Crippen LogP contribution is 2.50. The molecule has 0 aromatic heterocycles. The molecule has 0 bridgehead atoms. The van der Waals surface area contributed by atoms with E-state index in [-0.39, 0.29) is 6.04 Å². The van der Waals surface area contributed by atoms with Gasteiger partial charge in [-0.15, -0.1) is 0 Å². The standard InChI is InChI=1S/C21H27NO4/c1-6-13(2)19-15-9-7-8-10-16(15)21(23)22(19)14-11-17(24-3)20(26-5)18(12-14)25-4/h7-13,19,21,23H,6H2,1-5H3. The maximum Gasteiger partial charge on any atom is 0.203 e. The van der Waals surface area contributed by atoms with Crippen molar-refractivity contribution in [1.82, 2.24) is 0 Å². The molecule has 26 heavy (non-hydrogen) atoms. The van der Waals surface area contributed by atoms with Crippen molar-refractivity contribution in [2.24, 2.45) is 5.92 Å². The summed E-state index contributed by atoms with van der Waals surface area (Å²) in [5.74, 6) is 2.07. The van der Waals surface area contributed by atoms with Crippen LogP contribution in [0.2, 0.25) is 0 Å². The Morgan fingerprint density at radius 3 is 2.08 bits per heavy atom. The lowest BCUT2D eigenvalue weighted by Crippen LogP contribution is -2.29. The summed E-state index contributed by atoms with van der Waals surface area (Å²) in [5, 5.41) is 11.1. The van der Waals surface area contributed by atoms with E-state index in [1.165, 1.54) is 5.56 Å². The van der Waals surface area contributed by atoms with E-state index in [0.29, 0.717) is 23.2 Å². The molecular formula is C21H27NO4. The zero-order valence-corrected chi connectivity index (χ0v) is 16.0. The molecule has 1 aliphatic heterocycles. The van der Waals surface area contributed by atoms with Crippen LogP contribution in [0.3, 0.4) is 0 Å². The highest BCUT2D eigenvalue weighted by atomic mass is 16.5.